The fourth-order valence-electron chi connectivity index (χ4n) is 4.80. The quantitative estimate of drug-likeness (QED) is 0.215. The molecule has 1 aliphatic rings. The molecule has 4 aromatic carbocycles. The van der Waals surface area contributed by atoms with Crippen LogP contribution in [0, 0.1) is 11.7 Å². The summed E-state index contributed by atoms with van der Waals surface area (Å²) in [6.45, 7) is 1.18. The monoisotopic (exact) mass is 537 g/mol. The molecule has 0 aromatic heterocycles. The SMILES string of the molecule is O=C(c1ccc(CN(CC2CCC2)C(=O)c2ccc(OCc3ccccc3F)cc2)cc1)C(O)c1ccccc1. The van der Waals surface area contributed by atoms with Crippen molar-refractivity contribution in [1.29, 1.82) is 0 Å². The minimum Gasteiger partial charge on any atom is -0.489 e. The molecule has 4 aromatic rings. The summed E-state index contributed by atoms with van der Waals surface area (Å²) in [5.41, 5.74) is 2.90. The molecular weight excluding hydrogens is 505 g/mol. The van der Waals surface area contributed by atoms with Gasteiger partial charge >= 0.3 is 0 Å². The van der Waals surface area contributed by atoms with Crippen molar-refractivity contribution in [2.75, 3.05) is 6.54 Å². The number of carbonyl (C=O) groups is 2. The van der Waals surface area contributed by atoms with Crippen LogP contribution in [0.2, 0.25) is 0 Å². The maximum atomic E-state index is 13.9. The number of aliphatic hydroxyl groups excluding tert-OH is 1. The van der Waals surface area contributed by atoms with E-state index in [0.29, 0.717) is 47.0 Å². The van der Waals surface area contributed by atoms with Crippen LogP contribution < -0.4 is 4.74 Å². The van der Waals surface area contributed by atoms with Gasteiger partial charge in [0.15, 0.2) is 5.78 Å². The van der Waals surface area contributed by atoms with Crippen LogP contribution in [0.15, 0.2) is 103 Å². The van der Waals surface area contributed by atoms with Crippen LogP contribution in [0.1, 0.15) is 62.8 Å². The number of aliphatic hydroxyl groups is 1. The van der Waals surface area contributed by atoms with E-state index in [9.17, 15) is 19.1 Å². The first-order valence-electron chi connectivity index (χ1n) is 13.6. The number of carbonyl (C=O) groups excluding carboxylic acids is 2. The van der Waals surface area contributed by atoms with Crippen molar-refractivity contribution in [3.05, 3.63) is 137 Å². The minimum atomic E-state index is -1.22. The van der Waals surface area contributed by atoms with Crippen molar-refractivity contribution < 1.29 is 23.8 Å². The zero-order chi connectivity index (χ0) is 27.9. The molecule has 0 bridgehead atoms. The van der Waals surface area contributed by atoms with Gasteiger partial charge in [0.25, 0.3) is 5.91 Å². The molecule has 6 heteroatoms. The predicted molar refractivity (Wildman–Crippen MR) is 151 cm³/mol. The van der Waals surface area contributed by atoms with Crippen LogP contribution in [0.25, 0.3) is 0 Å². The molecule has 0 radical (unpaired) electrons. The number of rotatable bonds is 11. The number of hydrogen-bond donors (Lipinski definition) is 1. The van der Waals surface area contributed by atoms with Gasteiger partial charge in [-0.2, -0.15) is 0 Å². The second kappa shape index (κ2) is 12.7. The number of Topliss-reactive ketones (excluding diaryl/α,β-unsaturated/α-hetero) is 1. The fourth-order valence-corrected chi connectivity index (χ4v) is 4.80. The summed E-state index contributed by atoms with van der Waals surface area (Å²) in [4.78, 5) is 28.2. The second-order valence-corrected chi connectivity index (χ2v) is 10.3. The van der Waals surface area contributed by atoms with Crippen LogP contribution in [-0.4, -0.2) is 28.2 Å². The summed E-state index contributed by atoms with van der Waals surface area (Å²) in [5.74, 6) is 0.285. The van der Waals surface area contributed by atoms with Gasteiger partial charge in [0.05, 0.1) is 0 Å². The molecule has 40 heavy (non-hydrogen) atoms. The molecule has 1 unspecified atom stereocenters. The van der Waals surface area contributed by atoms with E-state index < -0.39 is 6.10 Å². The molecule has 204 valence electrons. The summed E-state index contributed by atoms with van der Waals surface area (Å²) in [5, 5.41) is 10.5. The highest BCUT2D eigenvalue weighted by Crippen LogP contribution is 2.29. The van der Waals surface area contributed by atoms with Gasteiger partial charge in [0.2, 0.25) is 0 Å². The largest absolute Gasteiger partial charge is 0.489 e. The third-order valence-electron chi connectivity index (χ3n) is 7.42. The zero-order valence-electron chi connectivity index (χ0n) is 22.2. The van der Waals surface area contributed by atoms with Gasteiger partial charge in [-0.25, -0.2) is 4.39 Å². The number of ketones is 1. The minimum absolute atomic E-state index is 0.0767. The van der Waals surface area contributed by atoms with E-state index in [2.05, 4.69) is 0 Å². The van der Waals surface area contributed by atoms with Gasteiger partial charge in [-0.05, 0) is 60.2 Å². The first-order chi connectivity index (χ1) is 19.5. The number of benzene rings is 4. The van der Waals surface area contributed by atoms with Crippen LogP contribution in [0.4, 0.5) is 4.39 Å². The number of amides is 1. The molecule has 5 nitrogen and oxygen atoms in total. The Morgan fingerprint density at radius 1 is 0.850 bits per heavy atom. The van der Waals surface area contributed by atoms with Crippen LogP contribution in [-0.2, 0) is 13.2 Å². The summed E-state index contributed by atoms with van der Waals surface area (Å²) < 4.78 is 19.6. The van der Waals surface area contributed by atoms with E-state index in [-0.39, 0.29) is 24.1 Å². The molecule has 1 fully saturated rings. The third kappa shape index (κ3) is 6.64. The molecule has 1 atom stereocenters. The van der Waals surface area contributed by atoms with E-state index in [4.69, 9.17) is 4.74 Å². The second-order valence-electron chi connectivity index (χ2n) is 10.3. The lowest BCUT2D eigenvalue weighted by Gasteiger charge is -2.32. The Labute approximate surface area is 233 Å². The molecule has 0 heterocycles. The van der Waals surface area contributed by atoms with E-state index >= 15 is 0 Å². The fraction of sp³-hybridized carbons (Fsp3) is 0.235. The van der Waals surface area contributed by atoms with Crippen molar-refractivity contribution >= 4 is 11.7 Å². The standard InChI is InChI=1S/C34H32FNO4/c35-31-12-5-4-11-29(31)23-40-30-19-17-28(18-20-30)34(39)36(21-24-7-6-8-24)22-25-13-15-27(16-14-25)33(38)32(37)26-9-2-1-3-10-26/h1-5,9-20,24,32,37H,6-8,21-23H2. The molecule has 5 rings (SSSR count). The zero-order valence-corrected chi connectivity index (χ0v) is 22.2. The lowest BCUT2D eigenvalue weighted by molar-refractivity contribution is 0.0678. The smallest absolute Gasteiger partial charge is 0.254 e. The van der Waals surface area contributed by atoms with Gasteiger partial charge in [-0.15, -0.1) is 0 Å². The summed E-state index contributed by atoms with van der Waals surface area (Å²) in [7, 11) is 0. The van der Waals surface area contributed by atoms with Gasteiger partial charge in [-0.1, -0.05) is 79.2 Å². The summed E-state index contributed by atoms with van der Waals surface area (Å²) in [6.07, 6.45) is 2.18. The summed E-state index contributed by atoms with van der Waals surface area (Å²) >= 11 is 0. The van der Waals surface area contributed by atoms with Crippen molar-refractivity contribution in [3.63, 3.8) is 0 Å². The predicted octanol–water partition coefficient (Wildman–Crippen LogP) is 6.76. The Hall–Kier alpha value is -4.29. The molecule has 1 aliphatic carbocycles. The Morgan fingerprint density at radius 2 is 1.50 bits per heavy atom. The Balaban J connectivity index is 1.24. The Kier molecular flexibility index (Phi) is 8.67. The average Bonchev–Trinajstić information content (AvgIpc) is 2.98. The highest BCUT2D eigenvalue weighted by atomic mass is 19.1. The van der Waals surface area contributed by atoms with Crippen LogP contribution >= 0.6 is 0 Å². The topological polar surface area (TPSA) is 66.8 Å². The molecule has 1 saturated carbocycles. The summed E-state index contributed by atoms with van der Waals surface area (Å²) in [6, 6.07) is 29.4. The van der Waals surface area contributed by atoms with Crippen molar-refractivity contribution in [3.8, 4) is 5.75 Å². The van der Waals surface area contributed by atoms with E-state index in [1.165, 1.54) is 12.5 Å². The molecular formula is C34H32FNO4. The van der Waals surface area contributed by atoms with E-state index in [1.807, 2.05) is 23.1 Å². The van der Waals surface area contributed by atoms with Crippen molar-refractivity contribution in [2.24, 2.45) is 5.92 Å². The number of ether oxygens (including phenoxy) is 1. The third-order valence-corrected chi connectivity index (χ3v) is 7.42. The van der Waals surface area contributed by atoms with Gasteiger partial charge in [-0.3, -0.25) is 9.59 Å². The highest BCUT2D eigenvalue weighted by Gasteiger charge is 2.25. The van der Waals surface area contributed by atoms with Gasteiger partial charge < -0.3 is 14.7 Å². The molecule has 0 aliphatic heterocycles. The Bertz CT molecular complexity index is 1430. The van der Waals surface area contributed by atoms with Crippen molar-refractivity contribution in [2.45, 2.75) is 38.5 Å². The maximum Gasteiger partial charge on any atom is 0.254 e. The molecule has 1 N–H and O–H groups in total. The normalized spacial score (nSPS) is 13.8. The van der Waals surface area contributed by atoms with Gasteiger partial charge in [0.1, 0.15) is 24.3 Å². The van der Waals surface area contributed by atoms with Crippen LogP contribution in [0.3, 0.4) is 0 Å². The maximum absolute atomic E-state index is 13.9. The highest BCUT2D eigenvalue weighted by molar-refractivity contribution is 6.00. The number of hydrogen-bond acceptors (Lipinski definition) is 4. The van der Waals surface area contributed by atoms with Gasteiger partial charge in [0, 0.05) is 29.8 Å². The number of nitrogens with zero attached hydrogens (tertiary/aromatic N) is 1. The van der Waals surface area contributed by atoms with Crippen molar-refractivity contribution in [1.82, 2.24) is 4.90 Å². The number of halogens is 1. The lowest BCUT2D eigenvalue weighted by atomic mass is 9.85. The van der Waals surface area contributed by atoms with E-state index in [0.717, 1.165) is 18.4 Å². The lowest BCUT2D eigenvalue weighted by Crippen LogP contribution is -2.37. The molecule has 0 saturated heterocycles. The first-order valence-corrected chi connectivity index (χ1v) is 13.6. The Morgan fingerprint density at radius 3 is 2.15 bits per heavy atom. The van der Waals surface area contributed by atoms with E-state index in [1.54, 1.807) is 78.9 Å². The molecule has 0 spiro atoms. The molecule has 1 amide bonds. The first kappa shape index (κ1) is 27.3. The van der Waals surface area contributed by atoms with Crippen LogP contribution in [0.5, 0.6) is 5.75 Å². The average molecular weight is 538 g/mol.